The van der Waals surface area contributed by atoms with Crippen LogP contribution in [0.25, 0.3) is 66.6 Å². The van der Waals surface area contributed by atoms with Crippen LogP contribution in [0.4, 0.5) is 0 Å². The molecule has 1 aromatic heterocycles. The maximum absolute atomic E-state index is 7.13. The first-order valence-corrected chi connectivity index (χ1v) is 24.2. The Morgan fingerprint density at radius 1 is 0.443 bits per heavy atom. The molecule has 3 aliphatic carbocycles. The minimum absolute atomic E-state index is 0.532. The summed E-state index contributed by atoms with van der Waals surface area (Å²) in [7, 11) is 0. The van der Waals surface area contributed by atoms with Crippen molar-refractivity contribution in [1.82, 2.24) is 0 Å². The molecule has 0 radical (unpaired) electrons. The number of furan rings is 1. The molecule has 330 valence electrons. The highest BCUT2D eigenvalue weighted by molar-refractivity contribution is 6.14. The van der Waals surface area contributed by atoms with E-state index in [2.05, 4.69) is 224 Å². The van der Waals surface area contributed by atoms with Gasteiger partial charge in [-0.2, -0.15) is 0 Å². The second kappa shape index (κ2) is 16.4. The Kier molecular flexibility index (Phi) is 9.71. The number of nitrogens with zero attached hydrogens (tertiary/aromatic N) is 1. The average molecular weight is 894 g/mol. The van der Waals surface area contributed by atoms with Crippen molar-refractivity contribution >= 4 is 39.9 Å². The van der Waals surface area contributed by atoms with Gasteiger partial charge in [-0.05, 0) is 115 Å². The van der Waals surface area contributed by atoms with Crippen molar-refractivity contribution in [2.45, 2.75) is 17.8 Å². The zero-order valence-electron chi connectivity index (χ0n) is 38.8. The number of allylic oxidation sites excluding steroid dienone is 9. The van der Waals surface area contributed by atoms with Crippen LogP contribution in [0.1, 0.15) is 62.6 Å². The van der Waals surface area contributed by atoms with E-state index in [4.69, 9.17) is 4.42 Å². The zero-order chi connectivity index (χ0) is 46.8. The van der Waals surface area contributed by atoms with Crippen molar-refractivity contribution in [3.63, 3.8) is 0 Å². The minimum Gasteiger partial charge on any atom is -0.455 e. The van der Waals surface area contributed by atoms with Gasteiger partial charge in [0, 0.05) is 21.9 Å². The van der Waals surface area contributed by atoms with Crippen LogP contribution in [0, 0.1) is 0 Å². The molecular weight excluding hydrogens is 847 g/mol. The van der Waals surface area contributed by atoms with Gasteiger partial charge in [0.1, 0.15) is 11.2 Å². The number of fused-ring (bicyclic) bond motifs is 20. The molecule has 2 heteroatoms. The van der Waals surface area contributed by atoms with E-state index in [0.717, 1.165) is 61.0 Å². The third-order valence-electron chi connectivity index (χ3n) is 15.0. The summed E-state index contributed by atoms with van der Waals surface area (Å²) in [5, 5.41) is 2.23. The summed E-state index contributed by atoms with van der Waals surface area (Å²) < 4.78 is 7.13. The van der Waals surface area contributed by atoms with Gasteiger partial charge in [-0.3, -0.25) is 4.99 Å². The fourth-order valence-corrected chi connectivity index (χ4v) is 12.4. The van der Waals surface area contributed by atoms with Crippen LogP contribution in [0.2, 0.25) is 0 Å². The van der Waals surface area contributed by atoms with Crippen LogP contribution < -0.4 is 0 Å². The topological polar surface area (TPSA) is 25.5 Å². The lowest BCUT2D eigenvalue weighted by molar-refractivity contribution is 0.631. The van der Waals surface area contributed by atoms with Gasteiger partial charge in [0.2, 0.25) is 0 Å². The second-order valence-electron chi connectivity index (χ2n) is 18.4. The van der Waals surface area contributed by atoms with Gasteiger partial charge in [0.15, 0.2) is 0 Å². The Hall–Kier alpha value is -8.85. The van der Waals surface area contributed by atoms with Crippen molar-refractivity contribution in [3.8, 4) is 33.4 Å². The molecule has 0 saturated heterocycles. The molecule has 1 heterocycles. The van der Waals surface area contributed by atoms with Crippen LogP contribution in [0.15, 0.2) is 264 Å². The lowest BCUT2D eigenvalue weighted by atomic mass is 9.52. The number of benzene rings is 9. The van der Waals surface area contributed by atoms with E-state index in [-0.39, 0.29) is 0 Å². The molecule has 0 fully saturated rings. The molecule has 0 atom stereocenters. The highest BCUT2D eigenvalue weighted by Gasteiger charge is 2.59. The summed E-state index contributed by atoms with van der Waals surface area (Å²) >= 11 is 0. The Bertz CT molecular complexity index is 3830. The third-order valence-corrected chi connectivity index (χ3v) is 15.0. The number of para-hydroxylation sites is 1. The van der Waals surface area contributed by atoms with Crippen molar-refractivity contribution in [2.75, 3.05) is 0 Å². The molecule has 3 aliphatic rings. The van der Waals surface area contributed by atoms with Crippen molar-refractivity contribution < 1.29 is 4.42 Å². The average Bonchev–Trinajstić information content (AvgIpc) is 4.05. The van der Waals surface area contributed by atoms with Gasteiger partial charge in [-0.15, -0.1) is 0 Å². The predicted octanol–water partition coefficient (Wildman–Crippen LogP) is 17.1. The Labute approximate surface area is 409 Å². The van der Waals surface area contributed by atoms with Crippen LogP contribution in [0.5, 0.6) is 0 Å². The highest BCUT2D eigenvalue weighted by Crippen LogP contribution is 2.68. The molecule has 9 aromatic carbocycles. The van der Waals surface area contributed by atoms with Crippen LogP contribution >= 0.6 is 0 Å². The molecule has 0 amide bonds. The molecule has 0 unspecified atom stereocenters. The lowest BCUT2D eigenvalue weighted by Gasteiger charge is -2.48. The molecule has 0 saturated carbocycles. The van der Waals surface area contributed by atoms with Crippen LogP contribution in [0.3, 0.4) is 0 Å². The molecule has 2 nitrogen and oxygen atoms in total. The lowest BCUT2D eigenvalue weighted by Crippen LogP contribution is -2.43. The largest absolute Gasteiger partial charge is 0.455 e. The quantitative estimate of drug-likeness (QED) is 0.110. The predicted molar refractivity (Wildman–Crippen MR) is 292 cm³/mol. The minimum atomic E-state index is -0.685. The van der Waals surface area contributed by atoms with E-state index >= 15 is 0 Å². The molecule has 0 bridgehead atoms. The van der Waals surface area contributed by atoms with Gasteiger partial charge < -0.3 is 4.42 Å². The summed E-state index contributed by atoms with van der Waals surface area (Å²) in [5.74, 6) is 0. The van der Waals surface area contributed by atoms with Crippen LogP contribution in [-0.2, 0) is 10.8 Å². The van der Waals surface area contributed by atoms with Gasteiger partial charge in [0.25, 0.3) is 0 Å². The molecular formula is C68H47NO. The monoisotopic (exact) mass is 893 g/mol. The standard InChI is InChI=1S/C68H47NO/c1-3-4-5-6-7-9-26-47(44-62(69-2)45-24-10-8-11-25-45)46-27-22-28-48(43-46)49-32-23-39-60-64(49)65-61(42-41-53-52-31-14-21-40-63(52)70-66(53)65)68(60)58-37-19-17-35-56(58)67(57-36-18-20-38-59(57)68)54-33-15-12-29-50(54)51-30-13-16-34-55(51)67/h3-44H,2H2,1H3/b4-3+,6-5-,9-7-,47-26+,62-44-. The maximum atomic E-state index is 7.13. The Balaban J connectivity index is 1.10. The van der Waals surface area contributed by atoms with Crippen molar-refractivity contribution in [3.05, 3.63) is 310 Å². The van der Waals surface area contributed by atoms with Crippen molar-refractivity contribution in [2.24, 2.45) is 4.99 Å². The Morgan fingerprint density at radius 2 is 0.971 bits per heavy atom. The smallest absolute Gasteiger partial charge is 0.143 e. The molecule has 70 heavy (non-hydrogen) atoms. The fraction of sp³-hybridized carbons (Fsp3) is 0.0441. The summed E-state index contributed by atoms with van der Waals surface area (Å²) in [6.07, 6.45) is 16.6. The SMILES string of the molecule is C=N\C(=C/C(=C\C=C/C=C\C=C\C)c1cccc(-c2cccc3c2-c2c(ccc4c2oc2ccccc24)C32c3ccccc3C3(c4ccccc4-c4ccccc43)c3ccccc32)c1)c1ccccc1. The number of aliphatic imine (C=N–C) groups is 1. The molecule has 0 aliphatic heterocycles. The first-order chi connectivity index (χ1) is 34.7. The maximum Gasteiger partial charge on any atom is 0.143 e. The van der Waals surface area contributed by atoms with E-state index in [1.54, 1.807) is 0 Å². The highest BCUT2D eigenvalue weighted by atomic mass is 16.3. The number of hydrogen-bond donors (Lipinski definition) is 0. The van der Waals surface area contributed by atoms with E-state index in [9.17, 15) is 0 Å². The summed E-state index contributed by atoms with van der Waals surface area (Å²) in [5.41, 5.74) is 22.0. The summed E-state index contributed by atoms with van der Waals surface area (Å²) in [6.45, 7) is 6.03. The van der Waals surface area contributed by atoms with E-state index in [1.165, 1.54) is 61.2 Å². The van der Waals surface area contributed by atoms with E-state index in [0.29, 0.717) is 0 Å². The number of rotatable bonds is 8. The molecule has 0 N–H and O–H groups in total. The van der Waals surface area contributed by atoms with Gasteiger partial charge in [0.05, 0.1) is 16.5 Å². The molecule has 2 spiro atoms. The first kappa shape index (κ1) is 41.3. The van der Waals surface area contributed by atoms with Gasteiger partial charge >= 0.3 is 0 Å². The normalized spacial score (nSPS) is 14.9. The van der Waals surface area contributed by atoms with E-state index in [1.807, 2.05) is 49.4 Å². The van der Waals surface area contributed by atoms with Crippen molar-refractivity contribution in [1.29, 1.82) is 0 Å². The Morgan fingerprint density at radius 3 is 1.66 bits per heavy atom. The second-order valence-corrected chi connectivity index (χ2v) is 18.4. The molecule has 13 rings (SSSR count). The zero-order valence-corrected chi connectivity index (χ0v) is 38.8. The fourth-order valence-electron chi connectivity index (χ4n) is 12.4. The molecule has 10 aromatic rings. The third kappa shape index (κ3) is 5.83. The van der Waals surface area contributed by atoms with Gasteiger partial charge in [-0.25, -0.2) is 0 Å². The van der Waals surface area contributed by atoms with E-state index < -0.39 is 10.8 Å². The summed E-state index contributed by atoms with van der Waals surface area (Å²) in [4.78, 5) is 4.54. The first-order valence-electron chi connectivity index (χ1n) is 24.2. The summed E-state index contributed by atoms with van der Waals surface area (Å²) in [6, 6.07) is 76.1. The van der Waals surface area contributed by atoms with Gasteiger partial charge in [-0.1, -0.05) is 237 Å². The van der Waals surface area contributed by atoms with Crippen LogP contribution in [-0.4, -0.2) is 6.72 Å². The number of hydrogen-bond acceptors (Lipinski definition) is 2.